The fourth-order valence-electron chi connectivity index (χ4n) is 1.97. The Balaban J connectivity index is 2.39. The minimum Gasteiger partial charge on any atom is -0.394 e. The Morgan fingerprint density at radius 3 is 2.52 bits per heavy atom. The summed E-state index contributed by atoms with van der Waals surface area (Å²) >= 11 is 0. The number of hydrogen-bond donors (Lipinski definition) is 2. The highest BCUT2D eigenvalue weighted by atomic mass is 19.4. The number of nitrogens with one attached hydrogen (secondary N) is 1. The van der Waals surface area contributed by atoms with E-state index in [1.165, 1.54) is 6.07 Å². The molecule has 4 nitrogen and oxygen atoms in total. The molecule has 0 unspecified atom stereocenters. The van der Waals surface area contributed by atoms with Gasteiger partial charge in [-0.15, -0.1) is 0 Å². The standard InChI is InChI=1S/C14H17F3N4/c1-8(2)21-13(12(18)9(3)20-21)19-11-6-4-5-10(7-11)14(15,16)17/h4-8,19H,18H2,1-3H3. The van der Waals surface area contributed by atoms with E-state index in [0.29, 0.717) is 22.9 Å². The lowest BCUT2D eigenvalue weighted by atomic mass is 10.2. The molecule has 1 aromatic heterocycles. The number of nitrogens with zero attached hydrogens (tertiary/aromatic N) is 2. The number of aryl methyl sites for hydroxylation is 1. The fraction of sp³-hybridized carbons (Fsp3) is 0.357. The zero-order valence-electron chi connectivity index (χ0n) is 12.0. The summed E-state index contributed by atoms with van der Waals surface area (Å²) in [5.74, 6) is 0.502. The molecule has 0 saturated carbocycles. The third-order valence-corrected chi connectivity index (χ3v) is 3.07. The van der Waals surface area contributed by atoms with Crippen LogP contribution in [0.1, 0.15) is 31.1 Å². The van der Waals surface area contributed by atoms with Crippen LogP contribution in [0, 0.1) is 6.92 Å². The molecule has 0 aliphatic rings. The first-order chi connectivity index (χ1) is 9.70. The average molecular weight is 298 g/mol. The highest BCUT2D eigenvalue weighted by Crippen LogP contribution is 2.33. The lowest BCUT2D eigenvalue weighted by Crippen LogP contribution is -2.09. The molecule has 0 atom stereocenters. The predicted molar refractivity (Wildman–Crippen MR) is 76.5 cm³/mol. The minimum absolute atomic E-state index is 0.0364. The molecule has 2 aromatic rings. The van der Waals surface area contributed by atoms with E-state index in [4.69, 9.17) is 5.73 Å². The highest BCUT2D eigenvalue weighted by Gasteiger charge is 2.30. The number of benzene rings is 1. The van der Waals surface area contributed by atoms with Gasteiger partial charge >= 0.3 is 6.18 Å². The van der Waals surface area contributed by atoms with Crippen LogP contribution >= 0.6 is 0 Å². The Labute approximate surface area is 120 Å². The number of hydrogen-bond acceptors (Lipinski definition) is 3. The smallest absolute Gasteiger partial charge is 0.394 e. The third kappa shape index (κ3) is 3.12. The van der Waals surface area contributed by atoms with Gasteiger partial charge in [0.2, 0.25) is 0 Å². The molecule has 0 aliphatic heterocycles. The maximum Gasteiger partial charge on any atom is 0.416 e. The number of alkyl halides is 3. The summed E-state index contributed by atoms with van der Waals surface area (Å²) < 4.78 is 39.8. The first-order valence-corrected chi connectivity index (χ1v) is 6.49. The maximum atomic E-state index is 12.7. The highest BCUT2D eigenvalue weighted by molar-refractivity contribution is 5.71. The van der Waals surface area contributed by atoms with E-state index < -0.39 is 11.7 Å². The molecule has 7 heteroatoms. The number of nitrogens with two attached hydrogens (primary N) is 1. The van der Waals surface area contributed by atoms with Crippen molar-refractivity contribution < 1.29 is 13.2 Å². The number of anilines is 3. The first kappa shape index (κ1) is 15.2. The van der Waals surface area contributed by atoms with E-state index in [1.54, 1.807) is 17.7 Å². The molecule has 2 rings (SSSR count). The van der Waals surface area contributed by atoms with Gasteiger partial charge in [0.15, 0.2) is 5.82 Å². The first-order valence-electron chi connectivity index (χ1n) is 6.49. The topological polar surface area (TPSA) is 55.9 Å². The molecule has 1 heterocycles. The molecule has 21 heavy (non-hydrogen) atoms. The Morgan fingerprint density at radius 1 is 1.29 bits per heavy atom. The molecular weight excluding hydrogens is 281 g/mol. The van der Waals surface area contributed by atoms with Gasteiger partial charge in [-0.3, -0.25) is 0 Å². The van der Waals surface area contributed by atoms with Crippen molar-refractivity contribution in [2.45, 2.75) is 33.0 Å². The molecule has 0 fully saturated rings. The van der Waals surface area contributed by atoms with Gasteiger partial charge in [-0.05, 0) is 39.0 Å². The van der Waals surface area contributed by atoms with Gasteiger partial charge in [0.05, 0.1) is 16.9 Å². The van der Waals surface area contributed by atoms with Crippen molar-refractivity contribution in [3.8, 4) is 0 Å². The van der Waals surface area contributed by atoms with Crippen molar-refractivity contribution in [2.24, 2.45) is 0 Å². The SMILES string of the molecule is Cc1nn(C(C)C)c(Nc2cccc(C(F)(F)F)c2)c1N. The summed E-state index contributed by atoms with van der Waals surface area (Å²) in [6.45, 7) is 5.60. The molecular formula is C14H17F3N4. The van der Waals surface area contributed by atoms with Crippen molar-refractivity contribution in [3.63, 3.8) is 0 Å². The van der Waals surface area contributed by atoms with Crippen LogP contribution in [0.3, 0.4) is 0 Å². The monoisotopic (exact) mass is 298 g/mol. The molecule has 0 saturated heterocycles. The molecule has 114 valence electrons. The fourth-order valence-corrected chi connectivity index (χ4v) is 1.97. The summed E-state index contributed by atoms with van der Waals surface area (Å²) in [6, 6.07) is 5.02. The van der Waals surface area contributed by atoms with Gasteiger partial charge in [-0.2, -0.15) is 18.3 Å². The van der Waals surface area contributed by atoms with Gasteiger partial charge in [0.25, 0.3) is 0 Å². The van der Waals surface area contributed by atoms with Crippen LogP contribution in [0.15, 0.2) is 24.3 Å². The van der Waals surface area contributed by atoms with Crippen molar-refractivity contribution in [3.05, 3.63) is 35.5 Å². The van der Waals surface area contributed by atoms with Crippen molar-refractivity contribution in [1.82, 2.24) is 9.78 Å². The maximum absolute atomic E-state index is 12.7. The van der Waals surface area contributed by atoms with Crippen LogP contribution in [-0.2, 0) is 6.18 Å². The second-order valence-corrected chi connectivity index (χ2v) is 5.09. The largest absolute Gasteiger partial charge is 0.416 e. The third-order valence-electron chi connectivity index (χ3n) is 3.07. The van der Waals surface area contributed by atoms with Crippen molar-refractivity contribution in [1.29, 1.82) is 0 Å². The molecule has 0 radical (unpaired) electrons. The Bertz CT molecular complexity index is 644. The van der Waals surface area contributed by atoms with Gasteiger partial charge < -0.3 is 11.1 Å². The quantitative estimate of drug-likeness (QED) is 0.896. The van der Waals surface area contributed by atoms with E-state index in [2.05, 4.69) is 10.4 Å². The van der Waals surface area contributed by atoms with Gasteiger partial charge in [0.1, 0.15) is 0 Å². The van der Waals surface area contributed by atoms with E-state index in [0.717, 1.165) is 12.1 Å². The number of aromatic nitrogens is 2. The minimum atomic E-state index is -4.38. The van der Waals surface area contributed by atoms with Gasteiger partial charge in [-0.25, -0.2) is 4.68 Å². The van der Waals surface area contributed by atoms with E-state index in [9.17, 15) is 13.2 Å². The summed E-state index contributed by atoms with van der Waals surface area (Å²) in [5.41, 5.74) is 6.62. The van der Waals surface area contributed by atoms with Gasteiger partial charge in [-0.1, -0.05) is 6.07 Å². The molecule has 0 aliphatic carbocycles. The summed E-state index contributed by atoms with van der Waals surface area (Å²) in [6.07, 6.45) is -4.38. The van der Waals surface area contributed by atoms with Crippen LogP contribution < -0.4 is 11.1 Å². The normalized spacial score (nSPS) is 12.0. The van der Waals surface area contributed by atoms with Crippen LogP contribution in [0.25, 0.3) is 0 Å². The van der Waals surface area contributed by atoms with Crippen LogP contribution in [-0.4, -0.2) is 9.78 Å². The Morgan fingerprint density at radius 2 is 1.95 bits per heavy atom. The van der Waals surface area contributed by atoms with Crippen LogP contribution in [0.4, 0.5) is 30.4 Å². The van der Waals surface area contributed by atoms with Crippen LogP contribution in [0.2, 0.25) is 0 Å². The van der Waals surface area contributed by atoms with Crippen molar-refractivity contribution in [2.75, 3.05) is 11.1 Å². The summed E-state index contributed by atoms with van der Waals surface area (Å²) in [5, 5.41) is 7.21. The number of nitrogen functional groups attached to an aromatic ring is 1. The molecule has 0 spiro atoms. The molecule has 0 amide bonds. The lowest BCUT2D eigenvalue weighted by molar-refractivity contribution is -0.137. The summed E-state index contributed by atoms with van der Waals surface area (Å²) in [7, 11) is 0. The Kier molecular flexibility index (Phi) is 3.85. The van der Waals surface area contributed by atoms with Crippen molar-refractivity contribution >= 4 is 17.2 Å². The van der Waals surface area contributed by atoms with E-state index in [-0.39, 0.29) is 6.04 Å². The van der Waals surface area contributed by atoms with E-state index >= 15 is 0 Å². The number of rotatable bonds is 3. The van der Waals surface area contributed by atoms with Gasteiger partial charge in [0, 0.05) is 11.7 Å². The molecule has 1 aromatic carbocycles. The second-order valence-electron chi connectivity index (χ2n) is 5.09. The zero-order chi connectivity index (χ0) is 15.8. The predicted octanol–water partition coefficient (Wildman–Crippen LogP) is 4.12. The lowest BCUT2D eigenvalue weighted by Gasteiger charge is -2.14. The summed E-state index contributed by atoms with van der Waals surface area (Å²) in [4.78, 5) is 0. The Hall–Kier alpha value is -2.18. The number of halogens is 3. The van der Waals surface area contributed by atoms with E-state index in [1.807, 2.05) is 13.8 Å². The van der Waals surface area contributed by atoms with Crippen LogP contribution in [0.5, 0.6) is 0 Å². The molecule has 0 bridgehead atoms. The second kappa shape index (κ2) is 5.31. The zero-order valence-corrected chi connectivity index (χ0v) is 12.0. The average Bonchev–Trinajstić information content (AvgIpc) is 2.67. The molecule has 3 N–H and O–H groups in total.